The molecule has 0 aliphatic rings. The molecule has 5 heteroatoms. The van der Waals surface area contributed by atoms with Crippen molar-refractivity contribution in [3.63, 3.8) is 0 Å². The summed E-state index contributed by atoms with van der Waals surface area (Å²) in [6, 6.07) is 24.9. The Kier molecular flexibility index (Phi) is 4.29. The van der Waals surface area contributed by atoms with Crippen molar-refractivity contribution in [2.75, 3.05) is 7.11 Å². The molecule has 1 aromatic heterocycles. The van der Waals surface area contributed by atoms with Crippen molar-refractivity contribution in [3.05, 3.63) is 96.3 Å². The number of rotatable bonds is 3. The van der Waals surface area contributed by atoms with Gasteiger partial charge < -0.3 is 4.74 Å². The highest BCUT2D eigenvalue weighted by molar-refractivity contribution is 6.06. The van der Waals surface area contributed by atoms with E-state index in [1.165, 1.54) is 16.7 Å². The third-order valence-electron chi connectivity index (χ3n) is 5.19. The van der Waals surface area contributed by atoms with Crippen molar-refractivity contribution in [1.29, 1.82) is 0 Å². The van der Waals surface area contributed by atoms with Crippen LogP contribution in [0.5, 0.6) is 5.75 Å². The molecule has 0 atom stereocenters. The van der Waals surface area contributed by atoms with Crippen molar-refractivity contribution < 1.29 is 13.9 Å². The van der Waals surface area contributed by atoms with Gasteiger partial charge in [0.1, 0.15) is 17.4 Å². The van der Waals surface area contributed by atoms with E-state index in [-0.39, 0.29) is 5.91 Å². The fourth-order valence-electron chi connectivity index (χ4n) is 3.72. The van der Waals surface area contributed by atoms with Gasteiger partial charge in [-0.3, -0.25) is 9.36 Å². The first-order valence-corrected chi connectivity index (χ1v) is 9.50. The summed E-state index contributed by atoms with van der Waals surface area (Å²) in [4.78, 5) is 18.2. The van der Waals surface area contributed by atoms with Crippen molar-refractivity contribution in [2.24, 2.45) is 0 Å². The van der Waals surface area contributed by atoms with Crippen molar-refractivity contribution >= 4 is 27.7 Å². The van der Waals surface area contributed by atoms with Crippen LogP contribution in [0.2, 0.25) is 0 Å². The van der Waals surface area contributed by atoms with Crippen LogP contribution in [0.15, 0.2) is 84.9 Å². The molecule has 1 heterocycles. The summed E-state index contributed by atoms with van der Waals surface area (Å²) < 4.78 is 20.8. The summed E-state index contributed by atoms with van der Waals surface area (Å²) >= 11 is 0. The molecule has 0 fully saturated rings. The van der Waals surface area contributed by atoms with Crippen molar-refractivity contribution in [1.82, 2.24) is 9.55 Å². The van der Waals surface area contributed by atoms with Gasteiger partial charge in [0.2, 0.25) is 0 Å². The highest BCUT2D eigenvalue weighted by atomic mass is 19.1. The minimum absolute atomic E-state index is 0.284. The van der Waals surface area contributed by atoms with Gasteiger partial charge in [0.05, 0.1) is 18.1 Å². The first kappa shape index (κ1) is 18.1. The van der Waals surface area contributed by atoms with Crippen LogP contribution in [0.25, 0.3) is 33.2 Å². The summed E-state index contributed by atoms with van der Waals surface area (Å²) in [5.41, 5.74) is 2.26. The number of benzene rings is 4. The SMILES string of the molecule is COc1ccc(C(=O)n2c(-c3cccc4ccccc34)nc3ccc(F)cc32)cc1. The summed E-state index contributed by atoms with van der Waals surface area (Å²) in [5.74, 6) is 0.430. The predicted molar refractivity (Wildman–Crippen MR) is 115 cm³/mol. The highest BCUT2D eigenvalue weighted by Gasteiger charge is 2.21. The van der Waals surface area contributed by atoms with Crippen molar-refractivity contribution in [2.45, 2.75) is 0 Å². The fourth-order valence-corrected chi connectivity index (χ4v) is 3.72. The van der Waals surface area contributed by atoms with Crippen LogP contribution in [0.4, 0.5) is 4.39 Å². The molecule has 5 rings (SSSR count). The molecule has 30 heavy (non-hydrogen) atoms. The third-order valence-corrected chi connectivity index (χ3v) is 5.19. The number of imidazole rings is 1. The summed E-state index contributed by atoms with van der Waals surface area (Å²) in [6.45, 7) is 0. The fraction of sp³-hybridized carbons (Fsp3) is 0.0400. The van der Waals surface area contributed by atoms with Gasteiger partial charge in [-0.05, 0) is 47.2 Å². The van der Waals surface area contributed by atoms with E-state index in [2.05, 4.69) is 0 Å². The number of halogens is 1. The molecule has 0 saturated heterocycles. The number of nitrogens with zero attached hydrogens (tertiary/aromatic N) is 2. The lowest BCUT2D eigenvalue weighted by molar-refractivity contribution is 0.0966. The van der Waals surface area contributed by atoms with Gasteiger partial charge in [-0.2, -0.15) is 0 Å². The zero-order chi connectivity index (χ0) is 20.7. The van der Waals surface area contributed by atoms with Gasteiger partial charge in [-0.15, -0.1) is 0 Å². The Morgan fingerprint density at radius 2 is 1.70 bits per heavy atom. The molecule has 0 saturated carbocycles. The van der Waals surface area contributed by atoms with E-state index in [4.69, 9.17) is 9.72 Å². The largest absolute Gasteiger partial charge is 0.497 e. The number of hydrogen-bond donors (Lipinski definition) is 0. The van der Waals surface area contributed by atoms with E-state index in [0.29, 0.717) is 28.2 Å². The number of fused-ring (bicyclic) bond motifs is 2. The van der Waals surface area contributed by atoms with E-state index in [0.717, 1.165) is 16.3 Å². The molecule has 0 bridgehead atoms. The van der Waals surface area contributed by atoms with E-state index in [9.17, 15) is 9.18 Å². The first-order chi connectivity index (χ1) is 14.7. The second-order valence-corrected chi connectivity index (χ2v) is 6.96. The molecule has 4 nitrogen and oxygen atoms in total. The zero-order valence-electron chi connectivity index (χ0n) is 16.2. The Morgan fingerprint density at radius 1 is 0.933 bits per heavy atom. The molecule has 0 amide bonds. The average Bonchev–Trinajstić information content (AvgIpc) is 3.16. The normalized spacial score (nSPS) is 11.1. The average molecular weight is 396 g/mol. The second-order valence-electron chi connectivity index (χ2n) is 6.96. The van der Waals surface area contributed by atoms with E-state index < -0.39 is 5.82 Å². The molecule has 0 aliphatic heterocycles. The molecule has 4 aromatic carbocycles. The van der Waals surface area contributed by atoms with Gasteiger partial charge in [-0.1, -0.05) is 42.5 Å². The van der Waals surface area contributed by atoms with Crippen LogP contribution < -0.4 is 4.74 Å². The Hall–Kier alpha value is -3.99. The van der Waals surface area contributed by atoms with Crippen LogP contribution in [0, 0.1) is 5.82 Å². The van der Waals surface area contributed by atoms with E-state index in [1.807, 2.05) is 42.5 Å². The lowest BCUT2D eigenvalue weighted by atomic mass is 10.0. The molecular weight excluding hydrogens is 379 g/mol. The molecular formula is C25H17FN2O2. The zero-order valence-corrected chi connectivity index (χ0v) is 16.2. The van der Waals surface area contributed by atoms with Crippen LogP contribution in [0.1, 0.15) is 10.4 Å². The number of ether oxygens (including phenoxy) is 1. The van der Waals surface area contributed by atoms with Gasteiger partial charge in [-0.25, -0.2) is 9.37 Å². The standard InChI is InChI=1S/C25H17FN2O2/c1-30-19-12-9-17(10-13-19)25(29)28-23-15-18(26)11-14-22(23)27-24(28)21-8-4-6-16-5-2-3-7-20(16)21/h2-15H,1H3. The maximum Gasteiger partial charge on any atom is 0.264 e. The Balaban J connectivity index is 1.79. The number of aromatic nitrogens is 2. The monoisotopic (exact) mass is 396 g/mol. The van der Waals surface area contributed by atoms with Gasteiger partial charge in [0.25, 0.3) is 5.91 Å². The van der Waals surface area contributed by atoms with Gasteiger partial charge >= 0.3 is 0 Å². The Morgan fingerprint density at radius 3 is 2.50 bits per heavy atom. The molecule has 0 unspecified atom stereocenters. The van der Waals surface area contributed by atoms with Crippen LogP contribution >= 0.6 is 0 Å². The van der Waals surface area contributed by atoms with Crippen LogP contribution in [0.3, 0.4) is 0 Å². The third kappa shape index (κ3) is 2.92. The molecule has 0 N–H and O–H groups in total. The smallest absolute Gasteiger partial charge is 0.264 e. The number of hydrogen-bond acceptors (Lipinski definition) is 3. The minimum atomic E-state index is -0.421. The molecule has 146 valence electrons. The second kappa shape index (κ2) is 7.12. The summed E-state index contributed by atoms with van der Waals surface area (Å²) in [5, 5.41) is 2.01. The molecule has 5 aromatic rings. The maximum absolute atomic E-state index is 14.1. The number of carbonyl (C=O) groups excluding carboxylic acids is 1. The Labute approximate surface area is 172 Å². The van der Waals surface area contributed by atoms with E-state index >= 15 is 0 Å². The minimum Gasteiger partial charge on any atom is -0.497 e. The quantitative estimate of drug-likeness (QED) is 0.393. The highest BCUT2D eigenvalue weighted by Crippen LogP contribution is 2.32. The first-order valence-electron chi connectivity index (χ1n) is 9.50. The summed E-state index contributed by atoms with van der Waals surface area (Å²) in [7, 11) is 1.57. The maximum atomic E-state index is 14.1. The van der Waals surface area contributed by atoms with E-state index in [1.54, 1.807) is 37.4 Å². The number of carbonyl (C=O) groups is 1. The van der Waals surface area contributed by atoms with Crippen LogP contribution in [-0.4, -0.2) is 22.6 Å². The summed E-state index contributed by atoms with van der Waals surface area (Å²) in [6.07, 6.45) is 0. The lowest BCUT2D eigenvalue weighted by Crippen LogP contribution is -2.13. The van der Waals surface area contributed by atoms with Gasteiger partial charge in [0.15, 0.2) is 0 Å². The topological polar surface area (TPSA) is 44.1 Å². The van der Waals surface area contributed by atoms with Crippen LogP contribution in [-0.2, 0) is 0 Å². The van der Waals surface area contributed by atoms with Crippen molar-refractivity contribution in [3.8, 4) is 17.1 Å². The Bertz CT molecular complexity index is 1400. The number of methoxy groups -OCH3 is 1. The molecule has 0 aliphatic carbocycles. The predicted octanol–water partition coefficient (Wildman–Crippen LogP) is 5.69. The lowest BCUT2D eigenvalue weighted by Gasteiger charge is -2.11. The molecule has 0 radical (unpaired) electrons. The molecule has 0 spiro atoms. The van der Waals surface area contributed by atoms with Gasteiger partial charge in [0, 0.05) is 17.2 Å².